The highest BCUT2D eigenvalue weighted by Crippen LogP contribution is 2.28. The molecular weight excluding hydrogens is 196 g/mol. The lowest BCUT2D eigenvalue weighted by atomic mass is 10.2. The van der Waals surface area contributed by atoms with E-state index in [-0.39, 0.29) is 0 Å². The zero-order valence-corrected chi connectivity index (χ0v) is 12.5. The molecule has 0 bridgehead atoms. The molecule has 0 nitrogen and oxygen atoms in total. The first-order valence-electron chi connectivity index (χ1n) is 6.84. The molecule has 0 aliphatic rings. The first-order valence-corrected chi connectivity index (χ1v) is 9.46. The van der Waals surface area contributed by atoms with E-state index >= 15 is 0 Å². The largest absolute Gasteiger partial charge is 0.0894 e. The summed E-state index contributed by atoms with van der Waals surface area (Å²) in [6, 6.07) is 4.28. The highest BCUT2D eigenvalue weighted by Gasteiger charge is 2.27. The highest BCUT2D eigenvalue weighted by atomic mass is 28.3. The molecule has 0 rings (SSSR count). The molecule has 0 amide bonds. The fraction of sp³-hybridized carbons (Fsp3) is 0.857. The number of allylic oxidation sites excluding steroid dienone is 2. The SMILES string of the molecule is CCCCC/C=C(\C)[Si](CC)(CC)CC. The van der Waals surface area contributed by atoms with Crippen molar-refractivity contribution in [3.05, 3.63) is 11.3 Å². The predicted octanol–water partition coefficient (Wildman–Crippen LogP) is 5.56. The van der Waals surface area contributed by atoms with Crippen molar-refractivity contribution in [2.75, 3.05) is 0 Å². The molecule has 0 aliphatic heterocycles. The van der Waals surface area contributed by atoms with Crippen LogP contribution in [0.2, 0.25) is 18.1 Å². The van der Waals surface area contributed by atoms with E-state index in [1.165, 1.54) is 43.8 Å². The zero-order valence-electron chi connectivity index (χ0n) is 11.5. The summed E-state index contributed by atoms with van der Waals surface area (Å²) in [6.45, 7) is 11.8. The average molecular weight is 226 g/mol. The molecule has 0 heterocycles. The Bertz CT molecular complexity index is 170. The summed E-state index contributed by atoms with van der Waals surface area (Å²) >= 11 is 0. The van der Waals surface area contributed by atoms with Crippen molar-refractivity contribution in [1.82, 2.24) is 0 Å². The van der Waals surface area contributed by atoms with Crippen LogP contribution >= 0.6 is 0 Å². The van der Waals surface area contributed by atoms with Crippen LogP contribution in [0.4, 0.5) is 0 Å². The Morgan fingerprint density at radius 1 is 0.933 bits per heavy atom. The standard InChI is InChI=1S/C14H30Si/c1-6-10-11-12-13-14(5)15(7-2,8-3)9-4/h13H,6-12H2,1-5H3/b14-13+. The van der Waals surface area contributed by atoms with Crippen LogP contribution in [0.3, 0.4) is 0 Å². The third-order valence-corrected chi connectivity index (χ3v) is 10.1. The minimum atomic E-state index is -1.02. The van der Waals surface area contributed by atoms with Crippen LogP contribution in [0.25, 0.3) is 0 Å². The fourth-order valence-electron chi connectivity index (χ4n) is 2.52. The minimum Gasteiger partial charge on any atom is -0.0894 e. The smallest absolute Gasteiger partial charge is 0.0799 e. The molecule has 0 aromatic carbocycles. The maximum Gasteiger partial charge on any atom is 0.0799 e. The van der Waals surface area contributed by atoms with Gasteiger partial charge in [-0.05, 0) is 19.8 Å². The Labute approximate surface area is 98.2 Å². The van der Waals surface area contributed by atoms with E-state index < -0.39 is 8.07 Å². The first kappa shape index (κ1) is 15.0. The van der Waals surface area contributed by atoms with Crippen molar-refractivity contribution in [3.8, 4) is 0 Å². The van der Waals surface area contributed by atoms with Crippen LogP contribution in [0.1, 0.15) is 60.3 Å². The molecule has 0 aromatic heterocycles. The van der Waals surface area contributed by atoms with Gasteiger partial charge < -0.3 is 0 Å². The van der Waals surface area contributed by atoms with E-state index in [9.17, 15) is 0 Å². The Balaban J connectivity index is 4.29. The summed E-state index contributed by atoms with van der Waals surface area (Å²) in [6.07, 6.45) is 7.98. The van der Waals surface area contributed by atoms with Gasteiger partial charge in [-0.3, -0.25) is 0 Å². The molecule has 0 spiro atoms. The monoisotopic (exact) mass is 226 g/mol. The topological polar surface area (TPSA) is 0 Å². The predicted molar refractivity (Wildman–Crippen MR) is 75.1 cm³/mol. The summed E-state index contributed by atoms with van der Waals surface area (Å²) in [5, 5.41) is 1.77. The molecule has 0 saturated carbocycles. The fourth-order valence-corrected chi connectivity index (χ4v) is 6.27. The molecule has 0 atom stereocenters. The van der Waals surface area contributed by atoms with Crippen LogP contribution in [0, 0.1) is 0 Å². The molecule has 0 saturated heterocycles. The van der Waals surface area contributed by atoms with Gasteiger partial charge in [0, 0.05) is 0 Å². The zero-order chi connectivity index (χ0) is 11.7. The molecule has 90 valence electrons. The van der Waals surface area contributed by atoms with Crippen LogP contribution in [-0.2, 0) is 0 Å². The summed E-state index contributed by atoms with van der Waals surface area (Å²) in [4.78, 5) is 0. The Morgan fingerprint density at radius 2 is 1.47 bits per heavy atom. The van der Waals surface area contributed by atoms with Crippen molar-refractivity contribution in [2.24, 2.45) is 0 Å². The van der Waals surface area contributed by atoms with Crippen LogP contribution in [0.5, 0.6) is 0 Å². The van der Waals surface area contributed by atoms with Crippen LogP contribution in [-0.4, -0.2) is 8.07 Å². The van der Waals surface area contributed by atoms with E-state index in [0.29, 0.717) is 0 Å². The Morgan fingerprint density at radius 3 is 1.87 bits per heavy atom. The lowest BCUT2D eigenvalue weighted by Crippen LogP contribution is -2.33. The van der Waals surface area contributed by atoms with Gasteiger partial charge in [-0.1, -0.05) is 69.9 Å². The van der Waals surface area contributed by atoms with Crippen molar-refractivity contribution < 1.29 is 0 Å². The minimum absolute atomic E-state index is 1.02. The highest BCUT2D eigenvalue weighted by molar-refractivity contribution is 6.86. The number of hydrogen-bond acceptors (Lipinski definition) is 0. The van der Waals surface area contributed by atoms with Crippen molar-refractivity contribution in [1.29, 1.82) is 0 Å². The summed E-state index contributed by atoms with van der Waals surface area (Å²) < 4.78 is 0. The van der Waals surface area contributed by atoms with Crippen molar-refractivity contribution in [2.45, 2.75) is 78.4 Å². The van der Waals surface area contributed by atoms with Gasteiger partial charge in [-0.15, -0.1) is 0 Å². The normalized spacial score (nSPS) is 13.3. The maximum atomic E-state index is 2.55. The summed E-state index contributed by atoms with van der Waals surface area (Å²) in [7, 11) is -1.02. The number of unbranched alkanes of at least 4 members (excludes halogenated alkanes) is 3. The number of rotatable bonds is 8. The van der Waals surface area contributed by atoms with Gasteiger partial charge in [0.15, 0.2) is 0 Å². The Hall–Kier alpha value is -0.0431. The van der Waals surface area contributed by atoms with Crippen molar-refractivity contribution in [3.63, 3.8) is 0 Å². The van der Waals surface area contributed by atoms with Gasteiger partial charge in [0.25, 0.3) is 0 Å². The summed E-state index contributed by atoms with van der Waals surface area (Å²) in [5.41, 5.74) is 0. The third kappa shape index (κ3) is 4.54. The van der Waals surface area contributed by atoms with E-state index in [4.69, 9.17) is 0 Å². The second-order valence-electron chi connectivity index (χ2n) is 4.72. The second-order valence-corrected chi connectivity index (χ2v) is 10.2. The molecule has 0 unspecified atom stereocenters. The summed E-state index contributed by atoms with van der Waals surface area (Å²) in [5.74, 6) is 0. The Kier molecular flexibility index (Phi) is 8.13. The van der Waals surface area contributed by atoms with Crippen LogP contribution in [0.15, 0.2) is 11.3 Å². The molecule has 0 aliphatic carbocycles. The molecule has 0 fully saturated rings. The molecule has 0 radical (unpaired) electrons. The van der Waals surface area contributed by atoms with E-state index in [1.54, 1.807) is 5.20 Å². The lowest BCUT2D eigenvalue weighted by molar-refractivity contribution is 0.728. The van der Waals surface area contributed by atoms with Gasteiger partial charge in [0.2, 0.25) is 0 Å². The van der Waals surface area contributed by atoms with E-state index in [2.05, 4.69) is 40.7 Å². The van der Waals surface area contributed by atoms with E-state index in [1.807, 2.05) is 0 Å². The van der Waals surface area contributed by atoms with Gasteiger partial charge in [0.05, 0.1) is 8.07 Å². The van der Waals surface area contributed by atoms with Crippen molar-refractivity contribution >= 4 is 8.07 Å². The van der Waals surface area contributed by atoms with Crippen LogP contribution < -0.4 is 0 Å². The van der Waals surface area contributed by atoms with Gasteiger partial charge >= 0.3 is 0 Å². The lowest BCUT2D eigenvalue weighted by Gasteiger charge is -2.29. The molecule has 1 heteroatoms. The van der Waals surface area contributed by atoms with Gasteiger partial charge in [-0.2, -0.15) is 0 Å². The third-order valence-electron chi connectivity index (χ3n) is 4.13. The number of hydrogen-bond donors (Lipinski definition) is 0. The molecule has 0 aromatic rings. The van der Waals surface area contributed by atoms with Gasteiger partial charge in [-0.25, -0.2) is 0 Å². The second kappa shape index (κ2) is 8.15. The molecular formula is C14H30Si. The first-order chi connectivity index (χ1) is 7.16. The maximum absolute atomic E-state index is 2.55. The van der Waals surface area contributed by atoms with E-state index in [0.717, 1.165) is 0 Å². The quantitative estimate of drug-likeness (QED) is 0.375. The van der Waals surface area contributed by atoms with Gasteiger partial charge in [0.1, 0.15) is 0 Å². The molecule has 0 N–H and O–H groups in total. The molecule has 15 heavy (non-hydrogen) atoms. The average Bonchev–Trinajstić information content (AvgIpc) is 2.28.